The van der Waals surface area contributed by atoms with Gasteiger partial charge in [0, 0.05) is 11.9 Å². The summed E-state index contributed by atoms with van der Waals surface area (Å²) in [5, 5.41) is 0. The predicted molar refractivity (Wildman–Crippen MR) is 58.2 cm³/mol. The van der Waals surface area contributed by atoms with Gasteiger partial charge in [-0.2, -0.15) is 0 Å². The number of hydrogen-bond acceptors (Lipinski definition) is 1. The number of pyridine rings is 1. The zero-order chi connectivity index (χ0) is 10.7. The number of nitrogens with zero attached hydrogens (tertiary/aromatic N) is 1. The summed E-state index contributed by atoms with van der Waals surface area (Å²) in [7, 11) is 0. The molecule has 0 aliphatic heterocycles. The average molecular weight is 201 g/mol. The van der Waals surface area contributed by atoms with Crippen molar-refractivity contribution in [3.8, 4) is 0 Å². The van der Waals surface area contributed by atoms with Gasteiger partial charge in [0.2, 0.25) is 0 Å². The molecule has 1 nitrogen and oxygen atoms in total. The maximum Gasteiger partial charge on any atom is 0.123 e. The highest BCUT2D eigenvalue weighted by Crippen LogP contribution is 2.09. The van der Waals surface area contributed by atoms with Crippen LogP contribution in [0.3, 0.4) is 0 Å². The molecule has 76 valence electrons. The van der Waals surface area contributed by atoms with Crippen LogP contribution in [-0.4, -0.2) is 4.98 Å². The molecule has 1 aromatic carbocycles. The first-order valence-corrected chi connectivity index (χ1v) is 4.90. The largest absolute Gasteiger partial charge is 0.261 e. The van der Waals surface area contributed by atoms with Crippen LogP contribution in [0.4, 0.5) is 4.39 Å². The Morgan fingerprint density at radius 3 is 2.27 bits per heavy atom. The molecule has 2 aromatic rings. The number of benzene rings is 1. The third-order valence-corrected chi connectivity index (χ3v) is 2.29. The molecular formula is C13H12FN. The Balaban J connectivity index is 2.15. The van der Waals surface area contributed by atoms with Gasteiger partial charge in [-0.3, -0.25) is 4.98 Å². The summed E-state index contributed by atoms with van der Waals surface area (Å²) < 4.78 is 12.7. The molecule has 0 saturated carbocycles. The van der Waals surface area contributed by atoms with E-state index in [-0.39, 0.29) is 5.82 Å². The highest BCUT2D eigenvalue weighted by atomic mass is 19.1. The van der Waals surface area contributed by atoms with Crippen LogP contribution in [0.15, 0.2) is 42.6 Å². The normalized spacial score (nSPS) is 10.3. The van der Waals surface area contributed by atoms with Gasteiger partial charge < -0.3 is 0 Å². The zero-order valence-corrected chi connectivity index (χ0v) is 8.57. The van der Waals surface area contributed by atoms with E-state index in [0.29, 0.717) is 0 Å². The maximum absolute atomic E-state index is 12.7. The van der Waals surface area contributed by atoms with E-state index in [1.165, 1.54) is 12.1 Å². The third kappa shape index (κ3) is 2.62. The molecule has 0 bridgehead atoms. The van der Waals surface area contributed by atoms with Gasteiger partial charge in [-0.1, -0.05) is 18.2 Å². The molecule has 0 amide bonds. The third-order valence-electron chi connectivity index (χ3n) is 2.29. The topological polar surface area (TPSA) is 12.9 Å². The molecule has 0 radical (unpaired) electrons. The van der Waals surface area contributed by atoms with Crippen molar-refractivity contribution in [3.05, 3.63) is 65.2 Å². The molecule has 0 atom stereocenters. The fourth-order valence-electron chi connectivity index (χ4n) is 1.44. The van der Waals surface area contributed by atoms with Crippen molar-refractivity contribution in [1.29, 1.82) is 0 Å². The fraction of sp³-hybridized carbons (Fsp3) is 0.154. The van der Waals surface area contributed by atoms with Gasteiger partial charge in [0.25, 0.3) is 0 Å². The molecule has 0 aliphatic rings. The zero-order valence-electron chi connectivity index (χ0n) is 8.57. The Hall–Kier alpha value is -1.70. The lowest BCUT2D eigenvalue weighted by molar-refractivity contribution is 0.627. The molecule has 1 aromatic heterocycles. The summed E-state index contributed by atoms with van der Waals surface area (Å²) in [6, 6.07) is 10.6. The summed E-state index contributed by atoms with van der Waals surface area (Å²) in [5.41, 5.74) is 3.26. The van der Waals surface area contributed by atoms with Crippen LogP contribution in [0, 0.1) is 12.7 Å². The minimum absolute atomic E-state index is 0.194. The second-order valence-electron chi connectivity index (χ2n) is 3.61. The van der Waals surface area contributed by atoms with E-state index in [4.69, 9.17) is 0 Å². The number of rotatable bonds is 2. The van der Waals surface area contributed by atoms with Gasteiger partial charge >= 0.3 is 0 Å². The van der Waals surface area contributed by atoms with Gasteiger partial charge in [-0.25, -0.2) is 4.39 Å². The highest BCUT2D eigenvalue weighted by molar-refractivity contribution is 5.25. The standard InChI is InChI=1S/C13H12FN/c1-10-2-3-12(9-15-10)8-11-4-6-13(14)7-5-11/h2-7,9H,8H2,1H3. The van der Waals surface area contributed by atoms with Crippen molar-refractivity contribution in [1.82, 2.24) is 4.98 Å². The second kappa shape index (κ2) is 4.22. The molecule has 1 heterocycles. The Morgan fingerprint density at radius 2 is 1.67 bits per heavy atom. The first-order valence-electron chi connectivity index (χ1n) is 4.90. The van der Waals surface area contributed by atoms with Crippen LogP contribution < -0.4 is 0 Å². The van der Waals surface area contributed by atoms with Crippen LogP contribution in [0.1, 0.15) is 16.8 Å². The summed E-state index contributed by atoms with van der Waals surface area (Å²) in [6.45, 7) is 1.96. The average Bonchev–Trinajstić information content (AvgIpc) is 2.25. The van der Waals surface area contributed by atoms with Gasteiger partial charge in [0.1, 0.15) is 5.82 Å². The smallest absolute Gasteiger partial charge is 0.123 e. The van der Waals surface area contributed by atoms with Crippen LogP contribution in [-0.2, 0) is 6.42 Å². The maximum atomic E-state index is 12.7. The number of halogens is 1. The van der Waals surface area contributed by atoms with Crippen molar-refractivity contribution in [2.24, 2.45) is 0 Å². The lowest BCUT2D eigenvalue weighted by Crippen LogP contribution is -1.90. The van der Waals surface area contributed by atoms with Gasteiger partial charge in [-0.05, 0) is 42.7 Å². The lowest BCUT2D eigenvalue weighted by Gasteiger charge is -2.01. The van der Waals surface area contributed by atoms with E-state index >= 15 is 0 Å². The fourth-order valence-corrected chi connectivity index (χ4v) is 1.44. The molecule has 15 heavy (non-hydrogen) atoms. The van der Waals surface area contributed by atoms with Gasteiger partial charge in [0.15, 0.2) is 0 Å². The molecule has 0 saturated heterocycles. The first-order chi connectivity index (χ1) is 7.24. The van der Waals surface area contributed by atoms with Crippen LogP contribution in [0.5, 0.6) is 0 Å². The van der Waals surface area contributed by atoms with Crippen molar-refractivity contribution in [2.75, 3.05) is 0 Å². The Bertz CT molecular complexity index is 388. The van der Waals surface area contributed by atoms with Gasteiger partial charge in [-0.15, -0.1) is 0 Å². The Labute approximate surface area is 88.6 Å². The monoisotopic (exact) mass is 201 g/mol. The highest BCUT2D eigenvalue weighted by Gasteiger charge is 1.97. The summed E-state index contributed by atoms with van der Waals surface area (Å²) in [6.07, 6.45) is 2.66. The van der Waals surface area contributed by atoms with Crippen LogP contribution >= 0.6 is 0 Å². The molecule has 2 rings (SSSR count). The van der Waals surface area contributed by atoms with E-state index in [2.05, 4.69) is 4.98 Å². The SMILES string of the molecule is Cc1ccc(Cc2ccc(F)cc2)cn1. The molecule has 0 fully saturated rings. The Kier molecular flexibility index (Phi) is 2.77. The van der Waals surface area contributed by atoms with Crippen molar-refractivity contribution < 1.29 is 4.39 Å². The molecular weight excluding hydrogens is 189 g/mol. The van der Waals surface area contributed by atoms with Crippen molar-refractivity contribution in [3.63, 3.8) is 0 Å². The lowest BCUT2D eigenvalue weighted by atomic mass is 10.1. The molecule has 0 aliphatic carbocycles. The minimum atomic E-state index is -0.194. The van der Waals surface area contributed by atoms with E-state index < -0.39 is 0 Å². The minimum Gasteiger partial charge on any atom is -0.261 e. The molecule has 0 unspecified atom stereocenters. The van der Waals surface area contributed by atoms with Crippen LogP contribution in [0.25, 0.3) is 0 Å². The van der Waals surface area contributed by atoms with Crippen LogP contribution in [0.2, 0.25) is 0 Å². The van der Waals surface area contributed by atoms with E-state index in [1.807, 2.05) is 25.3 Å². The molecule has 0 N–H and O–H groups in total. The van der Waals surface area contributed by atoms with Crippen molar-refractivity contribution >= 4 is 0 Å². The van der Waals surface area contributed by atoms with E-state index in [9.17, 15) is 4.39 Å². The quantitative estimate of drug-likeness (QED) is 0.727. The summed E-state index contributed by atoms with van der Waals surface area (Å²) >= 11 is 0. The molecule has 2 heteroatoms. The predicted octanol–water partition coefficient (Wildman–Crippen LogP) is 3.12. The summed E-state index contributed by atoms with van der Waals surface area (Å²) in [5.74, 6) is -0.194. The van der Waals surface area contributed by atoms with E-state index in [1.54, 1.807) is 12.1 Å². The van der Waals surface area contributed by atoms with Crippen molar-refractivity contribution in [2.45, 2.75) is 13.3 Å². The Morgan fingerprint density at radius 1 is 1.00 bits per heavy atom. The summed E-state index contributed by atoms with van der Waals surface area (Å²) in [4.78, 5) is 4.22. The first kappa shape index (κ1) is 9.84. The van der Waals surface area contributed by atoms with Gasteiger partial charge in [0.05, 0.1) is 0 Å². The number of aromatic nitrogens is 1. The second-order valence-corrected chi connectivity index (χ2v) is 3.61. The van der Waals surface area contributed by atoms with E-state index in [0.717, 1.165) is 23.2 Å². The molecule has 0 spiro atoms. The number of aryl methyl sites for hydroxylation is 1. The number of hydrogen-bond donors (Lipinski definition) is 0.